The van der Waals surface area contributed by atoms with Crippen LogP contribution >= 0.6 is 0 Å². The number of nitrogens with zero attached hydrogens (tertiary/aromatic N) is 1. The fourth-order valence-corrected chi connectivity index (χ4v) is 8.31. The molecule has 2 aliphatic rings. The summed E-state index contributed by atoms with van der Waals surface area (Å²) >= 11 is 0. The second-order valence-corrected chi connectivity index (χ2v) is 13.4. The molecule has 0 saturated carbocycles. The van der Waals surface area contributed by atoms with E-state index in [9.17, 15) is 0 Å². The molecule has 0 aliphatic heterocycles. The van der Waals surface area contributed by atoms with Crippen LogP contribution in [0.15, 0.2) is 127 Å². The van der Waals surface area contributed by atoms with E-state index < -0.39 is 0 Å². The van der Waals surface area contributed by atoms with Crippen LogP contribution in [0.4, 0.5) is 0 Å². The number of aromatic nitrogens is 1. The van der Waals surface area contributed by atoms with Gasteiger partial charge in [-0.2, -0.15) is 0 Å². The van der Waals surface area contributed by atoms with E-state index in [1.54, 1.807) is 0 Å². The minimum atomic E-state index is -0.0645. The van der Waals surface area contributed by atoms with Crippen LogP contribution in [0.5, 0.6) is 0 Å². The molecule has 0 radical (unpaired) electrons. The van der Waals surface area contributed by atoms with Gasteiger partial charge in [0.2, 0.25) is 0 Å². The highest BCUT2D eigenvalue weighted by molar-refractivity contribution is 6.14. The van der Waals surface area contributed by atoms with E-state index >= 15 is 0 Å². The SMILES string of the molecule is CC1(C)c2ccccc2-c2cc(-c3ccc(-n4c5ccccc5c5c6c(ccc54)-c4ccccc4C6(C)C)cc3)ccc21. The molecule has 2 aliphatic carbocycles. The van der Waals surface area contributed by atoms with Gasteiger partial charge in [0, 0.05) is 27.3 Å². The molecule has 0 bridgehead atoms. The monoisotopic (exact) mass is 551 g/mol. The van der Waals surface area contributed by atoms with Crippen molar-refractivity contribution < 1.29 is 0 Å². The summed E-state index contributed by atoms with van der Waals surface area (Å²) in [5.41, 5.74) is 17.3. The summed E-state index contributed by atoms with van der Waals surface area (Å²) in [6, 6.07) is 47.6. The molecule has 1 heteroatoms. The second-order valence-electron chi connectivity index (χ2n) is 13.4. The number of hydrogen-bond acceptors (Lipinski definition) is 0. The Kier molecular flexibility index (Phi) is 4.80. The highest BCUT2D eigenvalue weighted by Gasteiger charge is 2.38. The number of para-hydroxylation sites is 1. The zero-order valence-electron chi connectivity index (χ0n) is 25.1. The molecular weight excluding hydrogens is 518 g/mol. The molecule has 6 aromatic carbocycles. The van der Waals surface area contributed by atoms with Crippen LogP contribution in [-0.2, 0) is 10.8 Å². The Labute approximate surface area is 253 Å². The summed E-state index contributed by atoms with van der Waals surface area (Å²) in [5.74, 6) is 0. The lowest BCUT2D eigenvalue weighted by Gasteiger charge is -2.22. The highest BCUT2D eigenvalue weighted by Crippen LogP contribution is 2.53. The molecule has 1 aromatic heterocycles. The number of hydrogen-bond donors (Lipinski definition) is 0. The molecule has 0 atom stereocenters. The summed E-state index contributed by atoms with van der Waals surface area (Å²) < 4.78 is 2.45. The van der Waals surface area contributed by atoms with Gasteiger partial charge in [-0.25, -0.2) is 0 Å². The summed E-state index contributed by atoms with van der Waals surface area (Å²) in [6.45, 7) is 9.45. The molecule has 0 fully saturated rings. The third-order valence-corrected chi connectivity index (χ3v) is 10.4. The Morgan fingerprint density at radius 1 is 0.442 bits per heavy atom. The quantitative estimate of drug-likeness (QED) is 0.201. The van der Waals surface area contributed by atoms with Gasteiger partial charge in [0.1, 0.15) is 0 Å². The van der Waals surface area contributed by atoms with Gasteiger partial charge in [-0.15, -0.1) is 0 Å². The lowest BCUT2D eigenvalue weighted by atomic mass is 9.80. The third kappa shape index (κ3) is 3.17. The molecule has 0 saturated heterocycles. The van der Waals surface area contributed by atoms with Crippen molar-refractivity contribution in [3.63, 3.8) is 0 Å². The maximum absolute atomic E-state index is 2.45. The molecule has 206 valence electrons. The van der Waals surface area contributed by atoms with E-state index in [1.807, 2.05) is 0 Å². The third-order valence-electron chi connectivity index (χ3n) is 10.4. The van der Waals surface area contributed by atoms with Crippen molar-refractivity contribution >= 4 is 21.8 Å². The average Bonchev–Trinajstić information content (AvgIpc) is 3.58. The minimum absolute atomic E-state index is 0.0287. The molecular formula is C42H33N. The van der Waals surface area contributed by atoms with Crippen LogP contribution in [0.2, 0.25) is 0 Å². The molecule has 0 unspecified atom stereocenters. The first-order chi connectivity index (χ1) is 20.9. The first-order valence-corrected chi connectivity index (χ1v) is 15.4. The van der Waals surface area contributed by atoms with E-state index in [0.717, 1.165) is 0 Å². The molecule has 1 heterocycles. The first kappa shape index (κ1) is 24.7. The molecule has 7 aromatic rings. The summed E-state index contributed by atoms with van der Waals surface area (Å²) in [7, 11) is 0. The normalized spacial score (nSPS) is 15.3. The Bertz CT molecular complexity index is 2270. The van der Waals surface area contributed by atoms with Crippen molar-refractivity contribution in [2.24, 2.45) is 0 Å². The Hall–Kier alpha value is -4.88. The molecule has 0 amide bonds. The first-order valence-electron chi connectivity index (χ1n) is 15.4. The topological polar surface area (TPSA) is 4.93 Å². The van der Waals surface area contributed by atoms with Crippen molar-refractivity contribution in [1.82, 2.24) is 4.57 Å². The highest BCUT2D eigenvalue weighted by atomic mass is 15.0. The predicted molar refractivity (Wildman–Crippen MR) is 181 cm³/mol. The van der Waals surface area contributed by atoms with Crippen LogP contribution in [0.25, 0.3) is 60.9 Å². The van der Waals surface area contributed by atoms with E-state index in [4.69, 9.17) is 0 Å². The van der Waals surface area contributed by atoms with Crippen LogP contribution in [0, 0.1) is 0 Å². The molecule has 43 heavy (non-hydrogen) atoms. The lowest BCUT2D eigenvalue weighted by molar-refractivity contribution is 0.660. The zero-order chi connectivity index (χ0) is 29.1. The average molecular weight is 552 g/mol. The van der Waals surface area contributed by atoms with E-state index in [1.165, 1.54) is 83.1 Å². The summed E-state index contributed by atoms with van der Waals surface area (Å²) in [4.78, 5) is 0. The van der Waals surface area contributed by atoms with Gasteiger partial charge >= 0.3 is 0 Å². The van der Waals surface area contributed by atoms with Gasteiger partial charge in [-0.3, -0.25) is 0 Å². The summed E-state index contributed by atoms with van der Waals surface area (Å²) in [5, 5.41) is 2.69. The standard InChI is InChI=1S/C42H33N/c1-41(2)34-14-8-6-12-30(34)33-25-27(19-23-36(33)41)26-17-20-28(21-18-26)43-37-16-10-7-13-32(37)39-38(43)24-22-31-29-11-5-9-15-35(29)42(3,4)40(31)39/h5-25H,1-4H3. The molecule has 0 N–H and O–H groups in total. The largest absolute Gasteiger partial charge is 0.309 e. The second kappa shape index (κ2) is 8.36. The zero-order valence-corrected chi connectivity index (χ0v) is 25.1. The van der Waals surface area contributed by atoms with Gasteiger partial charge in [0.05, 0.1) is 11.0 Å². The molecule has 9 rings (SSSR count). The van der Waals surface area contributed by atoms with Gasteiger partial charge in [-0.05, 0) is 86.0 Å². The van der Waals surface area contributed by atoms with Crippen molar-refractivity contribution in [1.29, 1.82) is 0 Å². The van der Waals surface area contributed by atoms with E-state index in [-0.39, 0.29) is 10.8 Å². The van der Waals surface area contributed by atoms with E-state index in [0.29, 0.717) is 0 Å². The van der Waals surface area contributed by atoms with Crippen LogP contribution in [0.3, 0.4) is 0 Å². The van der Waals surface area contributed by atoms with Gasteiger partial charge in [0.25, 0.3) is 0 Å². The Balaban J connectivity index is 1.20. The van der Waals surface area contributed by atoms with Crippen molar-refractivity contribution in [2.75, 3.05) is 0 Å². The van der Waals surface area contributed by atoms with Crippen molar-refractivity contribution in [2.45, 2.75) is 38.5 Å². The van der Waals surface area contributed by atoms with Crippen molar-refractivity contribution in [3.8, 4) is 39.1 Å². The van der Waals surface area contributed by atoms with Gasteiger partial charge < -0.3 is 4.57 Å². The van der Waals surface area contributed by atoms with Gasteiger partial charge in [0.15, 0.2) is 0 Å². The fraction of sp³-hybridized carbons (Fsp3) is 0.143. The Morgan fingerprint density at radius 3 is 1.81 bits per heavy atom. The Morgan fingerprint density at radius 2 is 1.05 bits per heavy atom. The number of rotatable bonds is 2. The number of benzene rings is 6. The fourth-order valence-electron chi connectivity index (χ4n) is 8.31. The van der Waals surface area contributed by atoms with E-state index in [2.05, 4.69) is 160 Å². The maximum Gasteiger partial charge on any atom is 0.0544 e. The van der Waals surface area contributed by atoms with Crippen molar-refractivity contribution in [3.05, 3.63) is 150 Å². The smallest absolute Gasteiger partial charge is 0.0544 e. The predicted octanol–water partition coefficient (Wildman–Crippen LogP) is 11.1. The summed E-state index contributed by atoms with van der Waals surface area (Å²) in [6.07, 6.45) is 0. The number of fused-ring (bicyclic) bond motifs is 10. The molecule has 0 spiro atoms. The van der Waals surface area contributed by atoms with Gasteiger partial charge in [-0.1, -0.05) is 125 Å². The lowest BCUT2D eigenvalue weighted by Crippen LogP contribution is -2.15. The minimum Gasteiger partial charge on any atom is -0.309 e. The maximum atomic E-state index is 2.45. The van der Waals surface area contributed by atoms with Crippen LogP contribution in [-0.4, -0.2) is 4.57 Å². The van der Waals surface area contributed by atoms with Crippen LogP contribution in [0.1, 0.15) is 49.9 Å². The van der Waals surface area contributed by atoms with Crippen LogP contribution < -0.4 is 0 Å². The molecule has 1 nitrogen and oxygen atoms in total.